The maximum absolute atomic E-state index is 12.7. The molecule has 0 bridgehead atoms. The van der Waals surface area contributed by atoms with Crippen LogP contribution in [0, 0.1) is 0 Å². The van der Waals surface area contributed by atoms with Crippen molar-refractivity contribution in [3.63, 3.8) is 0 Å². The summed E-state index contributed by atoms with van der Waals surface area (Å²) in [6, 6.07) is 18.0. The Morgan fingerprint density at radius 2 is 1.88 bits per heavy atom. The molecule has 1 saturated carbocycles. The number of hydrogen-bond acceptors (Lipinski definition) is 5. The van der Waals surface area contributed by atoms with Crippen molar-refractivity contribution in [3.05, 3.63) is 60.8 Å². The molecule has 0 radical (unpaired) electrons. The molecule has 1 aromatic heterocycles. The first kappa shape index (κ1) is 22.0. The van der Waals surface area contributed by atoms with Gasteiger partial charge in [-0.05, 0) is 25.0 Å². The Kier molecular flexibility index (Phi) is 6.80. The number of carbonyl (C=O) groups is 2. The normalized spacial score (nSPS) is 12.9. The second kappa shape index (κ2) is 9.91. The number of nitrogens with zero attached hydrogens (tertiary/aromatic N) is 3. The molecule has 3 aromatic rings. The van der Waals surface area contributed by atoms with Crippen molar-refractivity contribution in [1.82, 2.24) is 19.8 Å². The van der Waals surface area contributed by atoms with E-state index in [1.165, 1.54) is 16.7 Å². The van der Waals surface area contributed by atoms with Crippen LogP contribution in [0.5, 0.6) is 5.75 Å². The highest BCUT2D eigenvalue weighted by atomic mass is 32.2. The van der Waals surface area contributed by atoms with Gasteiger partial charge in [0.2, 0.25) is 11.8 Å². The molecule has 2 aromatic carbocycles. The first-order valence-electron chi connectivity index (χ1n) is 10.5. The van der Waals surface area contributed by atoms with Crippen molar-refractivity contribution in [2.24, 2.45) is 0 Å². The van der Waals surface area contributed by atoms with Gasteiger partial charge >= 0.3 is 0 Å². The number of likely N-dealkylation sites (N-methyl/N-ethyl adjacent to an activating group) is 1. The number of rotatable bonds is 9. The van der Waals surface area contributed by atoms with Crippen LogP contribution in [0.2, 0.25) is 0 Å². The highest BCUT2D eigenvalue weighted by Gasteiger charge is 2.24. The van der Waals surface area contributed by atoms with E-state index in [2.05, 4.69) is 10.3 Å². The van der Waals surface area contributed by atoms with Crippen LogP contribution in [0.3, 0.4) is 0 Å². The molecule has 1 aliphatic carbocycles. The minimum Gasteiger partial charge on any atom is -0.495 e. The number of nitrogens with one attached hydrogen (secondary N) is 1. The Hall–Kier alpha value is -3.26. The monoisotopic (exact) mass is 450 g/mol. The topological polar surface area (TPSA) is 76.5 Å². The van der Waals surface area contributed by atoms with Crippen LogP contribution in [0.1, 0.15) is 12.8 Å². The molecule has 0 unspecified atom stereocenters. The van der Waals surface area contributed by atoms with Crippen LogP contribution in [0.15, 0.2) is 66.0 Å². The number of amides is 2. The molecule has 1 heterocycles. The average Bonchev–Trinajstić information content (AvgIpc) is 3.53. The molecule has 1 aliphatic rings. The van der Waals surface area contributed by atoms with Crippen molar-refractivity contribution in [1.29, 1.82) is 0 Å². The Morgan fingerprint density at radius 1 is 1.16 bits per heavy atom. The standard InChI is InChI=1S/C24H26N4O3S/c1-27(15-22(29)26-18-12-13-18)23(30)16-32-24-25-14-20(17-8-4-3-5-9-17)28(24)19-10-6-7-11-21(19)31-2/h3-11,14,18H,12-13,15-16H2,1-2H3,(H,26,29). The van der Waals surface area contributed by atoms with Crippen LogP contribution in [-0.4, -0.2) is 58.8 Å². The van der Waals surface area contributed by atoms with E-state index < -0.39 is 0 Å². The zero-order valence-corrected chi connectivity index (χ0v) is 19.0. The van der Waals surface area contributed by atoms with Crippen molar-refractivity contribution in [3.8, 4) is 22.7 Å². The molecule has 0 spiro atoms. The summed E-state index contributed by atoms with van der Waals surface area (Å²) in [4.78, 5) is 30.7. The first-order chi connectivity index (χ1) is 15.6. The third kappa shape index (κ3) is 5.13. The lowest BCUT2D eigenvalue weighted by atomic mass is 10.1. The fourth-order valence-corrected chi connectivity index (χ4v) is 4.26. The third-order valence-corrected chi connectivity index (χ3v) is 6.14. The second-order valence-corrected chi connectivity index (χ2v) is 8.62. The molecule has 1 N–H and O–H groups in total. The molecular formula is C24H26N4O3S. The lowest BCUT2D eigenvalue weighted by molar-refractivity contribution is -0.132. The Labute approximate surface area is 191 Å². The molecular weight excluding hydrogens is 424 g/mol. The van der Waals surface area contributed by atoms with Gasteiger partial charge in [-0.25, -0.2) is 4.98 Å². The molecule has 32 heavy (non-hydrogen) atoms. The molecule has 4 rings (SSSR count). The van der Waals surface area contributed by atoms with Gasteiger partial charge in [-0.1, -0.05) is 54.2 Å². The lowest BCUT2D eigenvalue weighted by Crippen LogP contribution is -2.39. The predicted molar refractivity (Wildman–Crippen MR) is 125 cm³/mol. The number of ether oxygens (including phenoxy) is 1. The van der Waals surface area contributed by atoms with Gasteiger partial charge in [0.05, 0.1) is 37.0 Å². The van der Waals surface area contributed by atoms with Crippen molar-refractivity contribution in [2.75, 3.05) is 26.5 Å². The minimum absolute atomic E-state index is 0.0616. The zero-order chi connectivity index (χ0) is 22.5. The van der Waals surface area contributed by atoms with E-state index >= 15 is 0 Å². The molecule has 8 heteroatoms. The molecule has 166 valence electrons. The van der Waals surface area contributed by atoms with Crippen LogP contribution >= 0.6 is 11.8 Å². The van der Waals surface area contributed by atoms with Gasteiger partial charge in [0.15, 0.2) is 5.16 Å². The molecule has 0 atom stereocenters. The van der Waals surface area contributed by atoms with Gasteiger partial charge in [-0.2, -0.15) is 0 Å². The predicted octanol–water partition coefficient (Wildman–Crippen LogP) is 3.38. The highest BCUT2D eigenvalue weighted by Crippen LogP contribution is 2.33. The summed E-state index contributed by atoms with van der Waals surface area (Å²) in [5.41, 5.74) is 2.76. The third-order valence-electron chi connectivity index (χ3n) is 5.20. The molecule has 0 aliphatic heterocycles. The summed E-state index contributed by atoms with van der Waals surface area (Å²) in [6.45, 7) is 0.0616. The fourth-order valence-electron chi connectivity index (χ4n) is 3.34. The summed E-state index contributed by atoms with van der Waals surface area (Å²) in [6.07, 6.45) is 3.85. The fraction of sp³-hybridized carbons (Fsp3) is 0.292. The summed E-state index contributed by atoms with van der Waals surface area (Å²) < 4.78 is 7.59. The quantitative estimate of drug-likeness (QED) is 0.506. The van der Waals surface area contributed by atoms with E-state index in [1.54, 1.807) is 20.4 Å². The van der Waals surface area contributed by atoms with Gasteiger partial charge in [0, 0.05) is 18.7 Å². The van der Waals surface area contributed by atoms with Gasteiger partial charge in [0.25, 0.3) is 0 Å². The van der Waals surface area contributed by atoms with E-state index in [0.29, 0.717) is 10.9 Å². The largest absolute Gasteiger partial charge is 0.495 e. The summed E-state index contributed by atoms with van der Waals surface area (Å²) in [5.74, 6) is 0.643. The van der Waals surface area contributed by atoms with E-state index in [0.717, 1.165) is 29.8 Å². The van der Waals surface area contributed by atoms with Crippen molar-refractivity contribution >= 4 is 23.6 Å². The summed E-state index contributed by atoms with van der Waals surface area (Å²) in [7, 11) is 3.29. The smallest absolute Gasteiger partial charge is 0.239 e. The minimum atomic E-state index is -0.128. The van der Waals surface area contributed by atoms with Gasteiger partial charge in [-0.3, -0.25) is 14.2 Å². The number of imidazole rings is 1. The summed E-state index contributed by atoms with van der Waals surface area (Å²) in [5, 5.41) is 3.59. The lowest BCUT2D eigenvalue weighted by Gasteiger charge is -2.18. The van der Waals surface area contributed by atoms with Crippen molar-refractivity contribution in [2.45, 2.75) is 24.0 Å². The molecule has 2 amide bonds. The number of benzene rings is 2. The zero-order valence-electron chi connectivity index (χ0n) is 18.2. The molecule has 1 fully saturated rings. The molecule has 0 saturated heterocycles. The number of aromatic nitrogens is 2. The number of hydrogen-bond donors (Lipinski definition) is 1. The Balaban J connectivity index is 1.55. The number of carbonyl (C=O) groups excluding carboxylic acids is 2. The van der Waals surface area contributed by atoms with Gasteiger partial charge in [-0.15, -0.1) is 0 Å². The Morgan fingerprint density at radius 3 is 2.59 bits per heavy atom. The highest BCUT2D eigenvalue weighted by molar-refractivity contribution is 7.99. The number of thioether (sulfide) groups is 1. The van der Waals surface area contributed by atoms with E-state index in [9.17, 15) is 9.59 Å². The van der Waals surface area contributed by atoms with E-state index in [4.69, 9.17) is 4.74 Å². The maximum Gasteiger partial charge on any atom is 0.239 e. The van der Waals surface area contributed by atoms with Crippen LogP contribution in [0.25, 0.3) is 16.9 Å². The van der Waals surface area contributed by atoms with Crippen LogP contribution < -0.4 is 10.1 Å². The van der Waals surface area contributed by atoms with Gasteiger partial charge < -0.3 is 15.0 Å². The van der Waals surface area contributed by atoms with E-state index in [1.807, 2.05) is 59.2 Å². The van der Waals surface area contributed by atoms with Crippen LogP contribution in [0.4, 0.5) is 0 Å². The van der Waals surface area contributed by atoms with Crippen LogP contribution in [-0.2, 0) is 9.59 Å². The average molecular weight is 451 g/mol. The SMILES string of the molecule is COc1ccccc1-n1c(-c2ccccc2)cnc1SCC(=O)N(C)CC(=O)NC1CC1. The maximum atomic E-state index is 12.7. The van der Waals surface area contributed by atoms with E-state index in [-0.39, 0.29) is 30.2 Å². The Bertz CT molecular complexity index is 1100. The summed E-state index contributed by atoms with van der Waals surface area (Å²) >= 11 is 1.34. The molecule has 7 nitrogen and oxygen atoms in total. The second-order valence-electron chi connectivity index (χ2n) is 7.68. The van der Waals surface area contributed by atoms with Crippen molar-refractivity contribution < 1.29 is 14.3 Å². The number of methoxy groups -OCH3 is 1. The van der Waals surface area contributed by atoms with Gasteiger partial charge in [0.1, 0.15) is 5.75 Å². The number of para-hydroxylation sites is 2. The first-order valence-corrected chi connectivity index (χ1v) is 11.5.